The number of carboxylic acids is 1. The average molecular weight is 345 g/mol. The van der Waals surface area contributed by atoms with Crippen LogP contribution in [-0.4, -0.2) is 30.6 Å². The van der Waals surface area contributed by atoms with Crippen molar-refractivity contribution in [1.82, 2.24) is 0 Å². The van der Waals surface area contributed by atoms with E-state index in [4.69, 9.17) is 9.84 Å². The molecule has 6 heteroatoms. The third-order valence-electron chi connectivity index (χ3n) is 3.77. The fraction of sp³-hybridized carbons (Fsp3) is 0.263. The van der Waals surface area contributed by atoms with Gasteiger partial charge >= 0.3 is 5.97 Å². The molecule has 0 saturated carbocycles. The second-order valence-electron chi connectivity index (χ2n) is 5.81. The molecule has 2 aromatic carbocycles. The molecular formula is C19H20FNO4. The van der Waals surface area contributed by atoms with Gasteiger partial charge in [-0.2, -0.15) is 0 Å². The summed E-state index contributed by atoms with van der Waals surface area (Å²) in [4.78, 5) is 24.6. The van der Waals surface area contributed by atoms with Crippen molar-refractivity contribution in [1.29, 1.82) is 0 Å². The zero-order valence-corrected chi connectivity index (χ0v) is 14.1. The number of rotatable bonds is 7. The molecule has 0 aliphatic carbocycles. The maximum Gasteiger partial charge on any atom is 0.341 e. The fourth-order valence-electron chi connectivity index (χ4n) is 2.47. The van der Waals surface area contributed by atoms with Crippen molar-refractivity contribution < 1.29 is 23.8 Å². The summed E-state index contributed by atoms with van der Waals surface area (Å²) in [7, 11) is 1.66. The summed E-state index contributed by atoms with van der Waals surface area (Å²) in [5.74, 6) is -1.36. The van der Waals surface area contributed by atoms with E-state index in [2.05, 4.69) is 0 Å². The van der Waals surface area contributed by atoms with Crippen LogP contribution in [0.5, 0.6) is 5.75 Å². The molecule has 1 atom stereocenters. The van der Waals surface area contributed by atoms with E-state index in [1.165, 1.54) is 17.0 Å². The standard InChI is InChI=1S/C19H20FNO4/c1-13(10-14-4-3-5-15(20)11-14)19(24)21(2)16-6-8-17(9-7-16)25-12-18(22)23/h3-9,11,13H,10,12H2,1-2H3,(H,22,23). The monoisotopic (exact) mass is 345 g/mol. The van der Waals surface area contributed by atoms with Crippen LogP contribution in [0.25, 0.3) is 0 Å². The number of benzene rings is 2. The molecule has 132 valence electrons. The Morgan fingerprint density at radius 1 is 1.20 bits per heavy atom. The molecule has 0 spiro atoms. The molecule has 0 radical (unpaired) electrons. The Labute approximate surface area is 145 Å². The number of carbonyl (C=O) groups is 2. The van der Waals surface area contributed by atoms with Crippen LogP contribution in [0, 0.1) is 11.7 Å². The number of carbonyl (C=O) groups excluding carboxylic acids is 1. The van der Waals surface area contributed by atoms with Crippen LogP contribution in [0.1, 0.15) is 12.5 Å². The largest absolute Gasteiger partial charge is 0.482 e. The molecule has 25 heavy (non-hydrogen) atoms. The number of amides is 1. The number of hydrogen-bond acceptors (Lipinski definition) is 3. The molecule has 0 aromatic heterocycles. The average Bonchev–Trinajstić information content (AvgIpc) is 2.59. The number of aliphatic carboxylic acids is 1. The van der Waals surface area contributed by atoms with Crippen LogP contribution in [0.15, 0.2) is 48.5 Å². The van der Waals surface area contributed by atoms with Gasteiger partial charge in [-0.3, -0.25) is 4.79 Å². The summed E-state index contributed by atoms with van der Waals surface area (Å²) in [6, 6.07) is 12.8. The summed E-state index contributed by atoms with van der Waals surface area (Å²) in [6.45, 7) is 1.38. The van der Waals surface area contributed by atoms with E-state index < -0.39 is 12.6 Å². The molecule has 0 bridgehead atoms. The number of halogens is 1. The summed E-state index contributed by atoms with van der Waals surface area (Å²) in [5, 5.41) is 8.59. The molecule has 0 saturated heterocycles. The smallest absolute Gasteiger partial charge is 0.341 e. The Morgan fingerprint density at radius 3 is 2.48 bits per heavy atom. The minimum absolute atomic E-state index is 0.0940. The quantitative estimate of drug-likeness (QED) is 0.837. The number of ether oxygens (including phenoxy) is 1. The minimum atomic E-state index is -1.05. The molecule has 5 nitrogen and oxygen atoms in total. The highest BCUT2D eigenvalue weighted by molar-refractivity contribution is 5.94. The molecule has 1 N–H and O–H groups in total. The number of carboxylic acid groups (broad SMARTS) is 1. The normalized spacial score (nSPS) is 11.6. The highest BCUT2D eigenvalue weighted by Crippen LogP contribution is 2.21. The lowest BCUT2D eigenvalue weighted by Gasteiger charge is -2.22. The lowest BCUT2D eigenvalue weighted by atomic mass is 9.99. The van der Waals surface area contributed by atoms with Crippen LogP contribution < -0.4 is 9.64 Å². The van der Waals surface area contributed by atoms with E-state index in [1.807, 2.05) is 0 Å². The van der Waals surface area contributed by atoms with Crippen molar-refractivity contribution in [2.24, 2.45) is 5.92 Å². The molecule has 2 rings (SSSR count). The second-order valence-corrected chi connectivity index (χ2v) is 5.81. The van der Waals surface area contributed by atoms with E-state index >= 15 is 0 Å². The number of hydrogen-bond donors (Lipinski definition) is 1. The minimum Gasteiger partial charge on any atom is -0.482 e. The number of anilines is 1. The SMILES string of the molecule is CC(Cc1cccc(F)c1)C(=O)N(C)c1ccc(OCC(=O)O)cc1. The zero-order chi connectivity index (χ0) is 18.4. The Hall–Kier alpha value is -2.89. The fourth-order valence-corrected chi connectivity index (χ4v) is 2.47. The van der Waals surface area contributed by atoms with Crippen LogP contribution in [0.2, 0.25) is 0 Å². The molecule has 2 aromatic rings. The molecule has 0 aliphatic rings. The second kappa shape index (κ2) is 8.28. The van der Waals surface area contributed by atoms with Crippen molar-refractivity contribution in [2.75, 3.05) is 18.6 Å². The Bertz CT molecular complexity index is 745. The van der Waals surface area contributed by atoms with Crippen molar-refractivity contribution in [3.05, 3.63) is 59.9 Å². The molecular weight excluding hydrogens is 325 g/mol. The van der Waals surface area contributed by atoms with Gasteiger partial charge in [0.05, 0.1) is 0 Å². The summed E-state index contributed by atoms with van der Waals surface area (Å²) in [6.07, 6.45) is 0.445. The van der Waals surface area contributed by atoms with Crippen LogP contribution in [0.4, 0.5) is 10.1 Å². The van der Waals surface area contributed by atoms with Gasteiger partial charge in [0.2, 0.25) is 5.91 Å². The van der Waals surface area contributed by atoms with Gasteiger partial charge in [0.1, 0.15) is 11.6 Å². The van der Waals surface area contributed by atoms with Crippen molar-refractivity contribution >= 4 is 17.6 Å². The van der Waals surface area contributed by atoms with Gasteiger partial charge in [-0.05, 0) is 48.4 Å². The maximum absolute atomic E-state index is 13.2. The van der Waals surface area contributed by atoms with E-state index in [0.29, 0.717) is 17.9 Å². The highest BCUT2D eigenvalue weighted by Gasteiger charge is 2.19. The van der Waals surface area contributed by atoms with Crippen molar-refractivity contribution in [3.63, 3.8) is 0 Å². The zero-order valence-electron chi connectivity index (χ0n) is 14.1. The maximum atomic E-state index is 13.2. The highest BCUT2D eigenvalue weighted by atomic mass is 19.1. The Morgan fingerprint density at radius 2 is 1.88 bits per heavy atom. The van der Waals surface area contributed by atoms with Gasteiger partial charge in [0.15, 0.2) is 6.61 Å². The summed E-state index contributed by atoms with van der Waals surface area (Å²) < 4.78 is 18.3. The van der Waals surface area contributed by atoms with Gasteiger partial charge in [0.25, 0.3) is 0 Å². The topological polar surface area (TPSA) is 66.8 Å². The third-order valence-corrected chi connectivity index (χ3v) is 3.77. The van der Waals surface area contributed by atoms with Crippen LogP contribution in [0.3, 0.4) is 0 Å². The Balaban J connectivity index is 1.99. The van der Waals surface area contributed by atoms with Gasteiger partial charge in [0, 0.05) is 18.7 Å². The first-order valence-corrected chi connectivity index (χ1v) is 7.83. The summed E-state index contributed by atoms with van der Waals surface area (Å²) >= 11 is 0. The molecule has 0 heterocycles. The van der Waals surface area contributed by atoms with Crippen molar-refractivity contribution in [3.8, 4) is 5.75 Å². The van der Waals surface area contributed by atoms with E-state index in [0.717, 1.165) is 5.56 Å². The molecule has 1 amide bonds. The van der Waals surface area contributed by atoms with E-state index in [1.54, 1.807) is 50.4 Å². The van der Waals surface area contributed by atoms with Gasteiger partial charge in [-0.15, -0.1) is 0 Å². The first-order valence-electron chi connectivity index (χ1n) is 7.83. The lowest BCUT2D eigenvalue weighted by molar-refractivity contribution is -0.139. The third kappa shape index (κ3) is 5.31. The van der Waals surface area contributed by atoms with Crippen LogP contribution >= 0.6 is 0 Å². The van der Waals surface area contributed by atoms with E-state index in [9.17, 15) is 14.0 Å². The van der Waals surface area contributed by atoms with Gasteiger partial charge < -0.3 is 14.7 Å². The van der Waals surface area contributed by atoms with E-state index in [-0.39, 0.29) is 17.6 Å². The van der Waals surface area contributed by atoms with Crippen molar-refractivity contribution in [2.45, 2.75) is 13.3 Å². The molecule has 1 unspecified atom stereocenters. The Kier molecular flexibility index (Phi) is 6.11. The predicted molar refractivity (Wildman–Crippen MR) is 92.3 cm³/mol. The molecule has 0 fully saturated rings. The number of nitrogens with zero attached hydrogens (tertiary/aromatic N) is 1. The first kappa shape index (κ1) is 18.4. The van der Waals surface area contributed by atoms with Gasteiger partial charge in [-0.25, -0.2) is 9.18 Å². The molecule has 0 aliphatic heterocycles. The predicted octanol–water partition coefficient (Wildman–Crippen LogP) is 3.13. The lowest BCUT2D eigenvalue weighted by Crippen LogP contribution is -2.32. The van der Waals surface area contributed by atoms with Gasteiger partial charge in [-0.1, -0.05) is 19.1 Å². The summed E-state index contributed by atoms with van der Waals surface area (Å²) in [5.41, 5.74) is 1.44. The first-order chi connectivity index (χ1) is 11.9. The van der Waals surface area contributed by atoms with Crippen LogP contribution in [-0.2, 0) is 16.0 Å².